The highest BCUT2D eigenvalue weighted by Crippen LogP contribution is 2.39. The van der Waals surface area contributed by atoms with E-state index in [4.69, 9.17) is 11.6 Å². The van der Waals surface area contributed by atoms with Crippen LogP contribution in [0.2, 0.25) is 5.02 Å². The Morgan fingerprint density at radius 1 is 1.00 bits per heavy atom. The number of anilines is 2. The Labute approximate surface area is 230 Å². The number of aromatic amines is 1. The third kappa shape index (κ3) is 5.42. The van der Waals surface area contributed by atoms with Crippen LogP contribution in [0.3, 0.4) is 0 Å². The molecule has 2 aromatic heterocycles. The molecule has 2 atom stereocenters. The van der Waals surface area contributed by atoms with Gasteiger partial charge in [0.05, 0.1) is 33.3 Å². The van der Waals surface area contributed by atoms with E-state index < -0.39 is 29.6 Å². The van der Waals surface area contributed by atoms with Crippen LogP contribution in [0.15, 0.2) is 48.7 Å². The molecule has 0 unspecified atom stereocenters. The van der Waals surface area contributed by atoms with Gasteiger partial charge in [0.1, 0.15) is 5.82 Å². The number of nitrogens with zero attached hydrogens (tertiary/aromatic N) is 4. The summed E-state index contributed by atoms with van der Waals surface area (Å²) in [5.74, 6) is 0.903. The molecular weight excluding hydrogens is 560 g/mol. The van der Waals surface area contributed by atoms with Gasteiger partial charge in [-0.2, -0.15) is 26.3 Å². The lowest BCUT2D eigenvalue weighted by atomic mass is 9.99. The van der Waals surface area contributed by atoms with Gasteiger partial charge in [0, 0.05) is 43.0 Å². The Kier molecular flexibility index (Phi) is 7.11. The van der Waals surface area contributed by atoms with Crippen LogP contribution in [-0.2, 0) is 12.4 Å². The highest BCUT2D eigenvalue weighted by Gasteiger charge is 2.34. The zero-order valence-electron chi connectivity index (χ0n) is 21.3. The quantitative estimate of drug-likeness (QED) is 0.251. The van der Waals surface area contributed by atoms with Crippen LogP contribution in [0.1, 0.15) is 36.6 Å². The summed E-state index contributed by atoms with van der Waals surface area (Å²) in [5, 5.41) is 10.2. The molecule has 212 valence electrons. The third-order valence-corrected chi connectivity index (χ3v) is 7.23. The van der Waals surface area contributed by atoms with Crippen LogP contribution in [0.25, 0.3) is 22.2 Å². The topological polar surface area (TPSA) is 68.3 Å². The van der Waals surface area contributed by atoms with E-state index in [0.717, 1.165) is 36.4 Å². The van der Waals surface area contributed by atoms with E-state index >= 15 is 0 Å². The fraction of sp³-hybridized carbons (Fsp3) is 0.333. The molecule has 3 heterocycles. The number of imidazole rings is 1. The van der Waals surface area contributed by atoms with E-state index in [1.54, 1.807) is 19.2 Å². The lowest BCUT2D eigenvalue weighted by Gasteiger charge is -2.40. The molecule has 4 aromatic rings. The summed E-state index contributed by atoms with van der Waals surface area (Å²) in [6, 6.07) is 7.33. The number of halogens is 7. The van der Waals surface area contributed by atoms with E-state index in [2.05, 4.69) is 15.0 Å². The average molecular weight is 584 g/mol. The van der Waals surface area contributed by atoms with E-state index in [1.807, 2.05) is 16.7 Å². The zero-order chi connectivity index (χ0) is 29.0. The van der Waals surface area contributed by atoms with Gasteiger partial charge in [-0.3, -0.25) is 0 Å². The first-order valence-electron chi connectivity index (χ1n) is 12.4. The molecule has 1 aliphatic heterocycles. The van der Waals surface area contributed by atoms with Crippen LogP contribution in [-0.4, -0.2) is 45.7 Å². The second kappa shape index (κ2) is 10.2. The molecule has 2 N–H and O–H groups in total. The molecule has 13 heteroatoms. The lowest BCUT2D eigenvalue weighted by Crippen LogP contribution is -2.52. The van der Waals surface area contributed by atoms with E-state index in [-0.39, 0.29) is 28.2 Å². The Bertz CT molecular complexity index is 1530. The average Bonchev–Trinajstić information content (AvgIpc) is 3.31. The molecule has 1 aliphatic rings. The highest BCUT2D eigenvalue weighted by atomic mass is 35.5. The van der Waals surface area contributed by atoms with Crippen molar-refractivity contribution >= 4 is 34.4 Å². The maximum absolute atomic E-state index is 13.7. The molecule has 0 amide bonds. The lowest BCUT2D eigenvalue weighted by molar-refractivity contribution is -0.138. The smallest absolute Gasteiger partial charge is 0.389 e. The predicted molar refractivity (Wildman–Crippen MR) is 140 cm³/mol. The van der Waals surface area contributed by atoms with Gasteiger partial charge in [0.25, 0.3) is 0 Å². The predicted octanol–water partition coefficient (Wildman–Crippen LogP) is 7.08. The molecule has 0 spiro atoms. The molecule has 0 aliphatic carbocycles. The van der Waals surface area contributed by atoms with Crippen molar-refractivity contribution in [3.8, 4) is 11.1 Å². The first-order valence-corrected chi connectivity index (χ1v) is 12.7. The van der Waals surface area contributed by atoms with E-state index in [9.17, 15) is 31.4 Å². The van der Waals surface area contributed by atoms with Gasteiger partial charge in [-0.1, -0.05) is 23.7 Å². The normalized spacial score (nSPS) is 17.5. The number of H-pyrrole nitrogens is 1. The number of piperazine rings is 1. The van der Waals surface area contributed by atoms with Crippen molar-refractivity contribution in [3.63, 3.8) is 0 Å². The van der Waals surface area contributed by atoms with Crippen molar-refractivity contribution in [2.75, 3.05) is 29.4 Å². The van der Waals surface area contributed by atoms with Gasteiger partial charge in [-0.05, 0) is 49.7 Å². The van der Waals surface area contributed by atoms with Gasteiger partial charge in [0.2, 0.25) is 5.95 Å². The van der Waals surface area contributed by atoms with Gasteiger partial charge in [-0.15, -0.1) is 0 Å². The highest BCUT2D eigenvalue weighted by molar-refractivity contribution is 6.33. The second-order valence-electron chi connectivity index (χ2n) is 9.79. The number of hydrogen-bond donors (Lipinski definition) is 2. The van der Waals surface area contributed by atoms with Crippen molar-refractivity contribution in [2.45, 2.75) is 38.3 Å². The Hall–Kier alpha value is -3.51. The third-order valence-electron chi connectivity index (χ3n) is 6.95. The van der Waals surface area contributed by atoms with Crippen molar-refractivity contribution < 1.29 is 31.4 Å². The molecular formula is C27H24ClF6N5O. The standard InChI is InChI=1S/C27H24ClF6N5O/c1-14-13-38(24-21(28)9-17(12-35-24)15(2)40)7-8-39(14)25-36-22-11-19(27(32,33)34)10-20(23(22)37-25)16-3-5-18(6-4-16)26(29,30)31/h3-6,9-12,14-15,40H,7-8,13H2,1-2H3,(H,36,37)/t14-,15-/m1/s1. The number of aromatic nitrogens is 3. The van der Waals surface area contributed by atoms with Crippen LogP contribution < -0.4 is 9.80 Å². The summed E-state index contributed by atoms with van der Waals surface area (Å²) in [5.41, 5.74) is -0.662. The first-order chi connectivity index (χ1) is 18.7. The molecule has 0 bridgehead atoms. The monoisotopic (exact) mass is 583 g/mol. The van der Waals surface area contributed by atoms with Crippen molar-refractivity contribution in [1.82, 2.24) is 15.0 Å². The first kappa shape index (κ1) is 28.0. The molecule has 1 saturated heterocycles. The van der Waals surface area contributed by atoms with E-state index in [1.165, 1.54) is 0 Å². The molecule has 0 saturated carbocycles. The second-order valence-corrected chi connectivity index (χ2v) is 10.2. The summed E-state index contributed by atoms with van der Waals surface area (Å²) >= 11 is 6.42. The summed E-state index contributed by atoms with van der Waals surface area (Å²) in [6.45, 7) is 4.95. The number of alkyl halides is 6. The fourth-order valence-electron chi connectivity index (χ4n) is 4.83. The summed E-state index contributed by atoms with van der Waals surface area (Å²) in [4.78, 5) is 15.9. The van der Waals surface area contributed by atoms with E-state index in [0.29, 0.717) is 42.0 Å². The maximum Gasteiger partial charge on any atom is 0.416 e. The minimum atomic E-state index is -4.67. The van der Waals surface area contributed by atoms with Crippen molar-refractivity contribution in [1.29, 1.82) is 0 Å². The number of aliphatic hydroxyl groups is 1. The number of fused-ring (bicyclic) bond motifs is 1. The largest absolute Gasteiger partial charge is 0.416 e. The van der Waals surface area contributed by atoms with Gasteiger partial charge < -0.3 is 19.9 Å². The Morgan fingerprint density at radius 3 is 2.25 bits per heavy atom. The van der Waals surface area contributed by atoms with Gasteiger partial charge in [0.15, 0.2) is 0 Å². The Balaban J connectivity index is 1.48. The molecule has 6 nitrogen and oxygen atoms in total. The summed E-state index contributed by atoms with van der Waals surface area (Å²) < 4.78 is 80.4. The zero-order valence-corrected chi connectivity index (χ0v) is 22.0. The van der Waals surface area contributed by atoms with Gasteiger partial charge >= 0.3 is 12.4 Å². The number of benzene rings is 2. The van der Waals surface area contributed by atoms with Crippen LogP contribution in [0, 0.1) is 0 Å². The molecule has 5 rings (SSSR count). The van der Waals surface area contributed by atoms with Crippen LogP contribution in [0.4, 0.5) is 38.1 Å². The minimum absolute atomic E-state index is 0.0709. The fourth-order valence-corrected chi connectivity index (χ4v) is 5.13. The number of rotatable bonds is 4. The summed E-state index contributed by atoms with van der Waals surface area (Å²) in [7, 11) is 0. The maximum atomic E-state index is 13.7. The van der Waals surface area contributed by atoms with Crippen LogP contribution in [0.5, 0.6) is 0 Å². The number of hydrogen-bond acceptors (Lipinski definition) is 5. The molecule has 0 radical (unpaired) electrons. The minimum Gasteiger partial charge on any atom is -0.389 e. The van der Waals surface area contributed by atoms with Crippen molar-refractivity contribution in [2.24, 2.45) is 0 Å². The molecule has 2 aromatic carbocycles. The Morgan fingerprint density at radius 2 is 1.68 bits per heavy atom. The number of nitrogens with one attached hydrogen (secondary N) is 1. The molecule has 1 fully saturated rings. The number of aliphatic hydroxyl groups excluding tert-OH is 1. The number of pyridine rings is 1. The van der Waals surface area contributed by atoms with Crippen LogP contribution >= 0.6 is 11.6 Å². The van der Waals surface area contributed by atoms with Gasteiger partial charge in [-0.25, -0.2) is 9.97 Å². The van der Waals surface area contributed by atoms with Crippen molar-refractivity contribution in [3.05, 3.63) is 70.4 Å². The molecule has 40 heavy (non-hydrogen) atoms. The SMILES string of the molecule is C[C@@H]1CN(c2ncc([C@@H](C)O)cc2Cl)CCN1c1nc2c(-c3ccc(C(F)(F)F)cc3)cc(C(F)(F)F)cc2[nH]1. The summed E-state index contributed by atoms with van der Waals surface area (Å²) in [6.07, 6.45) is -8.40.